The van der Waals surface area contributed by atoms with Gasteiger partial charge in [-0.3, -0.25) is 9.89 Å². The van der Waals surface area contributed by atoms with Gasteiger partial charge in [-0.1, -0.05) is 0 Å². The van der Waals surface area contributed by atoms with Gasteiger partial charge in [0.15, 0.2) is 0 Å². The Morgan fingerprint density at radius 3 is 2.90 bits per heavy atom. The van der Waals surface area contributed by atoms with Crippen molar-refractivity contribution < 1.29 is 5.11 Å². The molecule has 2 aromatic rings. The SMILES string of the molecule is Cc1nc2nc(N3CCCCC3C)[nH]n2c(=O)c1CCO. The number of aromatic nitrogens is 4. The number of aliphatic hydroxyl groups is 1. The minimum absolute atomic E-state index is 0.0615. The predicted octanol–water partition coefficient (Wildman–Crippen LogP) is 0.640. The first-order valence-corrected chi connectivity index (χ1v) is 7.47. The second-order valence-corrected chi connectivity index (χ2v) is 5.68. The Bertz CT molecular complexity index is 705. The molecule has 3 heterocycles. The molecule has 0 saturated carbocycles. The molecule has 21 heavy (non-hydrogen) atoms. The van der Waals surface area contributed by atoms with Crippen molar-refractivity contribution in [3.8, 4) is 0 Å². The fourth-order valence-corrected chi connectivity index (χ4v) is 2.98. The molecule has 0 aliphatic carbocycles. The fraction of sp³-hybridized carbons (Fsp3) is 0.643. The van der Waals surface area contributed by atoms with Gasteiger partial charge in [-0.05, 0) is 33.1 Å². The number of nitrogens with zero attached hydrogens (tertiary/aromatic N) is 4. The second-order valence-electron chi connectivity index (χ2n) is 5.68. The number of aromatic amines is 1. The Morgan fingerprint density at radius 1 is 1.38 bits per heavy atom. The first-order chi connectivity index (χ1) is 10.1. The van der Waals surface area contributed by atoms with Crippen LogP contribution in [0.4, 0.5) is 5.95 Å². The topological polar surface area (TPSA) is 86.5 Å². The van der Waals surface area contributed by atoms with Crippen LogP contribution in [0.2, 0.25) is 0 Å². The first kappa shape index (κ1) is 14.1. The van der Waals surface area contributed by atoms with Crippen LogP contribution in [0.5, 0.6) is 0 Å². The summed E-state index contributed by atoms with van der Waals surface area (Å²) in [6.45, 7) is 4.83. The third-order valence-electron chi connectivity index (χ3n) is 4.22. The monoisotopic (exact) mass is 291 g/mol. The number of nitrogens with one attached hydrogen (secondary N) is 1. The lowest BCUT2D eigenvalue weighted by molar-refractivity contribution is 0.298. The molecule has 1 atom stereocenters. The quantitative estimate of drug-likeness (QED) is 0.866. The first-order valence-electron chi connectivity index (χ1n) is 7.47. The second kappa shape index (κ2) is 5.48. The number of rotatable bonds is 3. The maximum Gasteiger partial charge on any atom is 0.277 e. The molecular weight excluding hydrogens is 270 g/mol. The molecule has 1 fully saturated rings. The molecule has 0 amide bonds. The van der Waals surface area contributed by atoms with Gasteiger partial charge in [-0.2, -0.15) is 9.50 Å². The van der Waals surface area contributed by atoms with Gasteiger partial charge in [0, 0.05) is 31.2 Å². The third kappa shape index (κ3) is 2.42. The van der Waals surface area contributed by atoms with E-state index in [2.05, 4.69) is 26.9 Å². The van der Waals surface area contributed by atoms with Gasteiger partial charge in [0.2, 0.25) is 5.95 Å². The van der Waals surface area contributed by atoms with Crippen LogP contribution in [0.15, 0.2) is 4.79 Å². The fourth-order valence-electron chi connectivity index (χ4n) is 2.98. The summed E-state index contributed by atoms with van der Waals surface area (Å²) in [7, 11) is 0. The van der Waals surface area contributed by atoms with Crippen LogP contribution in [0.25, 0.3) is 5.78 Å². The zero-order chi connectivity index (χ0) is 15.0. The molecule has 7 nitrogen and oxygen atoms in total. The largest absolute Gasteiger partial charge is 0.396 e. The van der Waals surface area contributed by atoms with Crippen molar-refractivity contribution in [2.75, 3.05) is 18.1 Å². The molecule has 7 heteroatoms. The van der Waals surface area contributed by atoms with Crippen molar-refractivity contribution in [3.63, 3.8) is 0 Å². The Hall–Kier alpha value is -1.89. The van der Waals surface area contributed by atoms with Crippen molar-refractivity contribution in [2.24, 2.45) is 0 Å². The zero-order valence-electron chi connectivity index (χ0n) is 12.5. The molecule has 0 bridgehead atoms. The van der Waals surface area contributed by atoms with Crippen molar-refractivity contribution in [1.82, 2.24) is 19.6 Å². The van der Waals surface area contributed by atoms with E-state index < -0.39 is 0 Å². The predicted molar refractivity (Wildman–Crippen MR) is 79.8 cm³/mol. The minimum Gasteiger partial charge on any atom is -0.396 e. The van der Waals surface area contributed by atoms with E-state index in [1.54, 1.807) is 6.92 Å². The molecule has 114 valence electrons. The molecular formula is C14H21N5O2. The standard InChI is InChI=1S/C14H21N5O2/c1-9-5-3-4-7-18(9)14-16-13-15-10(2)11(6-8-20)12(21)19(13)17-14/h9,20H,3-8H2,1-2H3,(H,15,16,17). The molecule has 2 aromatic heterocycles. The summed E-state index contributed by atoms with van der Waals surface area (Å²) in [4.78, 5) is 23.5. The maximum absolute atomic E-state index is 12.4. The van der Waals surface area contributed by atoms with E-state index in [4.69, 9.17) is 5.11 Å². The Balaban J connectivity index is 2.07. The molecule has 1 saturated heterocycles. The number of anilines is 1. The summed E-state index contributed by atoms with van der Waals surface area (Å²) in [5.41, 5.74) is 1.01. The average molecular weight is 291 g/mol. The van der Waals surface area contributed by atoms with Crippen LogP contribution in [0, 0.1) is 6.92 Å². The van der Waals surface area contributed by atoms with Gasteiger partial charge >= 0.3 is 0 Å². The Kier molecular flexibility index (Phi) is 3.67. The maximum atomic E-state index is 12.4. The average Bonchev–Trinajstić information content (AvgIpc) is 2.88. The number of hydrogen-bond acceptors (Lipinski definition) is 5. The number of hydrogen-bond donors (Lipinski definition) is 2. The molecule has 0 spiro atoms. The van der Waals surface area contributed by atoms with Crippen molar-refractivity contribution in [2.45, 2.75) is 45.6 Å². The zero-order valence-corrected chi connectivity index (χ0v) is 12.5. The van der Waals surface area contributed by atoms with E-state index in [-0.39, 0.29) is 12.2 Å². The van der Waals surface area contributed by atoms with E-state index in [1.807, 2.05) is 0 Å². The van der Waals surface area contributed by atoms with E-state index in [0.717, 1.165) is 19.4 Å². The van der Waals surface area contributed by atoms with E-state index in [1.165, 1.54) is 10.9 Å². The van der Waals surface area contributed by atoms with Crippen LogP contribution in [-0.2, 0) is 6.42 Å². The normalized spacial score (nSPS) is 19.4. The summed E-state index contributed by atoms with van der Waals surface area (Å²) in [5.74, 6) is 1.10. The number of aliphatic hydroxyl groups excluding tert-OH is 1. The van der Waals surface area contributed by atoms with Crippen LogP contribution in [0.1, 0.15) is 37.4 Å². The summed E-state index contributed by atoms with van der Waals surface area (Å²) in [6.07, 6.45) is 3.82. The highest BCUT2D eigenvalue weighted by Crippen LogP contribution is 2.21. The van der Waals surface area contributed by atoms with Crippen molar-refractivity contribution in [3.05, 3.63) is 21.6 Å². The lowest BCUT2D eigenvalue weighted by Crippen LogP contribution is -2.38. The lowest BCUT2D eigenvalue weighted by atomic mass is 10.0. The van der Waals surface area contributed by atoms with Gasteiger partial charge in [-0.15, -0.1) is 0 Å². The third-order valence-corrected chi connectivity index (χ3v) is 4.22. The number of aryl methyl sites for hydroxylation is 1. The summed E-state index contributed by atoms with van der Waals surface area (Å²) < 4.78 is 1.38. The van der Waals surface area contributed by atoms with Gasteiger partial charge in [0.1, 0.15) is 0 Å². The van der Waals surface area contributed by atoms with Crippen LogP contribution < -0.4 is 10.5 Å². The van der Waals surface area contributed by atoms with Gasteiger partial charge in [0.05, 0.1) is 5.69 Å². The summed E-state index contributed by atoms with van der Waals surface area (Å²) >= 11 is 0. The summed E-state index contributed by atoms with van der Waals surface area (Å²) in [6, 6.07) is 0.410. The Labute approximate surface area is 122 Å². The minimum atomic E-state index is -0.171. The molecule has 1 aliphatic heterocycles. The molecule has 1 unspecified atom stereocenters. The van der Waals surface area contributed by atoms with E-state index in [9.17, 15) is 4.79 Å². The van der Waals surface area contributed by atoms with Gasteiger partial charge in [-0.25, -0.2) is 4.98 Å². The van der Waals surface area contributed by atoms with E-state index >= 15 is 0 Å². The number of piperidine rings is 1. The smallest absolute Gasteiger partial charge is 0.277 e. The summed E-state index contributed by atoms with van der Waals surface area (Å²) in [5, 5.41) is 12.1. The van der Waals surface area contributed by atoms with Crippen LogP contribution in [-0.4, -0.2) is 43.9 Å². The lowest BCUT2D eigenvalue weighted by Gasteiger charge is -2.32. The Morgan fingerprint density at radius 2 is 2.19 bits per heavy atom. The molecule has 0 aromatic carbocycles. The molecule has 0 radical (unpaired) electrons. The van der Waals surface area contributed by atoms with Crippen molar-refractivity contribution >= 4 is 11.7 Å². The highest BCUT2D eigenvalue weighted by atomic mass is 16.3. The molecule has 3 rings (SSSR count). The molecule has 2 N–H and O–H groups in total. The van der Waals surface area contributed by atoms with Crippen LogP contribution in [0.3, 0.4) is 0 Å². The van der Waals surface area contributed by atoms with Crippen molar-refractivity contribution in [1.29, 1.82) is 0 Å². The number of fused-ring (bicyclic) bond motifs is 1. The van der Waals surface area contributed by atoms with E-state index in [0.29, 0.717) is 35.4 Å². The molecule has 1 aliphatic rings. The number of H-pyrrole nitrogens is 1. The highest BCUT2D eigenvalue weighted by molar-refractivity contribution is 5.41. The van der Waals surface area contributed by atoms with Gasteiger partial charge in [0.25, 0.3) is 11.3 Å². The van der Waals surface area contributed by atoms with Gasteiger partial charge < -0.3 is 10.0 Å². The highest BCUT2D eigenvalue weighted by Gasteiger charge is 2.22. The van der Waals surface area contributed by atoms with Crippen LogP contribution >= 0.6 is 0 Å².